The molecule has 2 unspecified atom stereocenters. The number of likely N-dealkylation sites (tertiary alicyclic amines) is 1. The number of hydrogen-bond acceptors (Lipinski definition) is 1. The molecule has 2 atom stereocenters. The molecule has 0 bridgehead atoms. The van der Waals surface area contributed by atoms with Crippen LogP contribution in [-0.4, -0.2) is 24.0 Å². The topological polar surface area (TPSA) is 3.24 Å². The van der Waals surface area contributed by atoms with Gasteiger partial charge in [0.05, 0.1) is 0 Å². The van der Waals surface area contributed by atoms with Crippen molar-refractivity contribution in [1.82, 2.24) is 4.90 Å². The van der Waals surface area contributed by atoms with E-state index < -0.39 is 0 Å². The van der Waals surface area contributed by atoms with E-state index in [1.54, 1.807) is 0 Å². The van der Waals surface area contributed by atoms with Crippen molar-refractivity contribution in [2.45, 2.75) is 52.0 Å². The Balaban J connectivity index is 1.53. The van der Waals surface area contributed by atoms with E-state index >= 15 is 0 Å². The van der Waals surface area contributed by atoms with Crippen LogP contribution in [0.1, 0.15) is 49.3 Å². The van der Waals surface area contributed by atoms with Crippen LogP contribution in [0.2, 0.25) is 0 Å². The fourth-order valence-electron chi connectivity index (χ4n) is 3.98. The van der Waals surface area contributed by atoms with Gasteiger partial charge in [-0.15, -0.1) is 0 Å². The van der Waals surface area contributed by atoms with Crippen LogP contribution in [-0.2, 0) is 6.42 Å². The Morgan fingerprint density at radius 2 is 1.54 bits per heavy atom. The maximum Gasteiger partial charge on any atom is 0.0133 e. The van der Waals surface area contributed by atoms with E-state index in [4.69, 9.17) is 0 Å². The summed E-state index contributed by atoms with van der Waals surface area (Å²) in [6, 6.07) is 20.7. The molecule has 2 aromatic carbocycles. The van der Waals surface area contributed by atoms with Gasteiger partial charge in [0, 0.05) is 6.04 Å². The lowest BCUT2D eigenvalue weighted by molar-refractivity contribution is 0.127. The SMILES string of the molecule is Cc1ccc(C(C)C(C)N2CCC(Cc3ccccc3)CC2)cc1. The summed E-state index contributed by atoms with van der Waals surface area (Å²) >= 11 is 0. The van der Waals surface area contributed by atoms with E-state index in [9.17, 15) is 0 Å². The van der Waals surface area contributed by atoms with Crippen molar-refractivity contribution in [1.29, 1.82) is 0 Å². The second-order valence-corrected chi connectivity index (χ2v) is 7.61. The number of nitrogens with zero attached hydrogens (tertiary/aromatic N) is 1. The third kappa shape index (κ3) is 4.27. The van der Waals surface area contributed by atoms with Crippen LogP contribution in [0, 0.1) is 12.8 Å². The zero-order valence-corrected chi connectivity index (χ0v) is 15.4. The minimum Gasteiger partial charge on any atom is -0.300 e. The van der Waals surface area contributed by atoms with Crippen molar-refractivity contribution in [2.75, 3.05) is 13.1 Å². The average molecular weight is 322 g/mol. The van der Waals surface area contributed by atoms with Crippen LogP contribution in [0.15, 0.2) is 54.6 Å². The lowest BCUT2D eigenvalue weighted by atomic mass is 9.87. The number of benzene rings is 2. The zero-order chi connectivity index (χ0) is 16.9. The van der Waals surface area contributed by atoms with E-state index in [0.717, 1.165) is 5.92 Å². The summed E-state index contributed by atoms with van der Waals surface area (Å²) in [6.07, 6.45) is 3.91. The molecule has 0 amide bonds. The maximum atomic E-state index is 2.70. The lowest BCUT2D eigenvalue weighted by Gasteiger charge is -2.39. The van der Waals surface area contributed by atoms with Gasteiger partial charge in [0.1, 0.15) is 0 Å². The Hall–Kier alpha value is -1.60. The number of piperidine rings is 1. The molecule has 0 aliphatic carbocycles. The summed E-state index contributed by atoms with van der Waals surface area (Å²) in [5.41, 5.74) is 4.32. The van der Waals surface area contributed by atoms with Crippen molar-refractivity contribution < 1.29 is 0 Å². The molecular formula is C23H31N. The summed E-state index contributed by atoms with van der Waals surface area (Å²) < 4.78 is 0. The highest BCUT2D eigenvalue weighted by Crippen LogP contribution is 2.28. The Labute approximate surface area is 147 Å². The van der Waals surface area contributed by atoms with Gasteiger partial charge in [-0.25, -0.2) is 0 Å². The van der Waals surface area contributed by atoms with Gasteiger partial charge in [-0.2, -0.15) is 0 Å². The van der Waals surface area contributed by atoms with E-state index in [2.05, 4.69) is 80.3 Å². The van der Waals surface area contributed by atoms with Gasteiger partial charge in [-0.3, -0.25) is 0 Å². The Morgan fingerprint density at radius 1 is 0.917 bits per heavy atom. The van der Waals surface area contributed by atoms with Crippen LogP contribution in [0.25, 0.3) is 0 Å². The fourth-order valence-corrected chi connectivity index (χ4v) is 3.98. The molecule has 1 aliphatic heterocycles. The first-order valence-corrected chi connectivity index (χ1v) is 9.48. The predicted molar refractivity (Wildman–Crippen MR) is 103 cm³/mol. The zero-order valence-electron chi connectivity index (χ0n) is 15.4. The number of hydrogen-bond donors (Lipinski definition) is 0. The molecule has 1 heteroatoms. The molecule has 0 aromatic heterocycles. The van der Waals surface area contributed by atoms with Crippen molar-refractivity contribution >= 4 is 0 Å². The molecule has 1 saturated heterocycles. The molecule has 2 aromatic rings. The first-order chi connectivity index (χ1) is 11.6. The summed E-state index contributed by atoms with van der Waals surface area (Å²) in [7, 11) is 0. The van der Waals surface area contributed by atoms with E-state index in [-0.39, 0.29) is 0 Å². The van der Waals surface area contributed by atoms with Crippen LogP contribution in [0.4, 0.5) is 0 Å². The van der Waals surface area contributed by atoms with Crippen molar-refractivity contribution in [3.63, 3.8) is 0 Å². The summed E-state index contributed by atoms with van der Waals surface area (Å²) in [5, 5.41) is 0. The fraction of sp³-hybridized carbons (Fsp3) is 0.478. The molecule has 128 valence electrons. The summed E-state index contributed by atoms with van der Waals surface area (Å²) in [6.45, 7) is 9.44. The molecule has 3 rings (SSSR count). The molecule has 1 fully saturated rings. The van der Waals surface area contributed by atoms with Crippen LogP contribution in [0.5, 0.6) is 0 Å². The molecule has 0 radical (unpaired) electrons. The Bertz CT molecular complexity index is 608. The molecular weight excluding hydrogens is 290 g/mol. The van der Waals surface area contributed by atoms with E-state index in [1.807, 2.05) is 0 Å². The van der Waals surface area contributed by atoms with Gasteiger partial charge < -0.3 is 4.90 Å². The summed E-state index contributed by atoms with van der Waals surface area (Å²) in [5.74, 6) is 1.45. The van der Waals surface area contributed by atoms with Gasteiger partial charge in [0.2, 0.25) is 0 Å². The highest BCUT2D eigenvalue weighted by molar-refractivity contribution is 5.25. The van der Waals surface area contributed by atoms with Gasteiger partial charge in [0.25, 0.3) is 0 Å². The lowest BCUT2D eigenvalue weighted by Crippen LogP contribution is -2.42. The average Bonchev–Trinajstić information content (AvgIpc) is 2.63. The molecule has 1 aliphatic rings. The largest absolute Gasteiger partial charge is 0.300 e. The first-order valence-electron chi connectivity index (χ1n) is 9.48. The van der Waals surface area contributed by atoms with Crippen LogP contribution in [0.3, 0.4) is 0 Å². The monoisotopic (exact) mass is 321 g/mol. The van der Waals surface area contributed by atoms with Crippen LogP contribution < -0.4 is 0 Å². The summed E-state index contributed by atoms with van der Waals surface area (Å²) in [4.78, 5) is 2.70. The molecule has 24 heavy (non-hydrogen) atoms. The van der Waals surface area contributed by atoms with Gasteiger partial charge in [0.15, 0.2) is 0 Å². The van der Waals surface area contributed by atoms with Crippen LogP contribution >= 0.6 is 0 Å². The van der Waals surface area contributed by atoms with Crippen molar-refractivity contribution in [3.8, 4) is 0 Å². The quantitative estimate of drug-likeness (QED) is 0.708. The second-order valence-electron chi connectivity index (χ2n) is 7.61. The van der Waals surface area contributed by atoms with E-state index in [0.29, 0.717) is 12.0 Å². The molecule has 1 heterocycles. The van der Waals surface area contributed by atoms with Gasteiger partial charge in [-0.1, -0.05) is 67.1 Å². The Kier molecular flexibility index (Phi) is 5.73. The normalized spacial score (nSPS) is 19.1. The molecule has 0 spiro atoms. The number of aryl methyl sites for hydroxylation is 1. The van der Waals surface area contributed by atoms with Crippen molar-refractivity contribution in [3.05, 3.63) is 71.3 Å². The third-order valence-corrected chi connectivity index (χ3v) is 5.92. The molecule has 0 N–H and O–H groups in total. The highest BCUT2D eigenvalue weighted by Gasteiger charge is 2.26. The second kappa shape index (κ2) is 7.98. The third-order valence-electron chi connectivity index (χ3n) is 5.92. The predicted octanol–water partition coefficient (Wildman–Crippen LogP) is 5.44. The number of rotatable bonds is 5. The minimum absolute atomic E-state index is 0.594. The minimum atomic E-state index is 0.594. The smallest absolute Gasteiger partial charge is 0.0133 e. The van der Waals surface area contributed by atoms with Crippen molar-refractivity contribution in [2.24, 2.45) is 5.92 Å². The molecule has 0 saturated carbocycles. The highest BCUT2D eigenvalue weighted by atomic mass is 15.2. The van der Waals surface area contributed by atoms with Gasteiger partial charge in [-0.05, 0) is 69.2 Å². The first kappa shape index (κ1) is 17.2. The van der Waals surface area contributed by atoms with Gasteiger partial charge >= 0.3 is 0 Å². The molecule has 1 nitrogen and oxygen atoms in total. The maximum absolute atomic E-state index is 2.70. The Morgan fingerprint density at radius 3 is 2.17 bits per heavy atom. The standard InChI is InChI=1S/C23H31N/c1-18-9-11-23(12-10-18)19(2)20(3)24-15-13-22(14-16-24)17-21-7-5-4-6-8-21/h4-12,19-20,22H,13-17H2,1-3H3. The van der Waals surface area contributed by atoms with E-state index in [1.165, 1.54) is 49.0 Å².